The molecule has 0 saturated carbocycles. The van der Waals surface area contributed by atoms with Crippen molar-refractivity contribution < 1.29 is 4.39 Å². The van der Waals surface area contributed by atoms with Gasteiger partial charge in [-0.15, -0.1) is 0 Å². The summed E-state index contributed by atoms with van der Waals surface area (Å²) in [6.07, 6.45) is 0. The average molecular weight is 330 g/mol. The number of hydrogen-bond acceptors (Lipinski definition) is 2. The van der Waals surface area contributed by atoms with E-state index in [4.69, 9.17) is 0 Å². The van der Waals surface area contributed by atoms with Gasteiger partial charge in [0, 0.05) is 11.6 Å². The van der Waals surface area contributed by atoms with Crippen LogP contribution in [0, 0.1) is 17.1 Å². The number of rotatable bonds is 5. The largest absolute Gasteiger partial charge is 0.300 e. The zero-order valence-electron chi connectivity index (χ0n) is 14.0. The van der Waals surface area contributed by atoms with Crippen molar-refractivity contribution in [1.29, 1.82) is 5.26 Å². The Morgan fingerprint density at radius 3 is 2.08 bits per heavy atom. The number of halogens is 1. The van der Waals surface area contributed by atoms with Crippen molar-refractivity contribution in [2.45, 2.75) is 19.0 Å². The molecule has 3 aromatic carbocycles. The Kier molecular flexibility index (Phi) is 5.23. The molecule has 0 aliphatic carbocycles. The molecule has 3 aromatic rings. The first-order valence-corrected chi connectivity index (χ1v) is 8.24. The fraction of sp³-hybridized carbons (Fsp3) is 0.136. The van der Waals surface area contributed by atoms with Crippen LogP contribution in [0.1, 0.15) is 41.3 Å². The maximum absolute atomic E-state index is 14.5. The van der Waals surface area contributed by atoms with Crippen molar-refractivity contribution in [3.63, 3.8) is 0 Å². The molecule has 3 rings (SSSR count). The first kappa shape index (κ1) is 16.9. The van der Waals surface area contributed by atoms with Gasteiger partial charge in [-0.05, 0) is 36.2 Å². The SMILES string of the molecule is C[C@@H](NC(c1ccccc1)c1cc(C#N)ccc1F)c1ccccc1. The fourth-order valence-corrected chi connectivity index (χ4v) is 2.93. The molecule has 0 heterocycles. The van der Waals surface area contributed by atoms with E-state index in [0.717, 1.165) is 11.1 Å². The second-order valence-corrected chi connectivity index (χ2v) is 5.99. The van der Waals surface area contributed by atoms with Gasteiger partial charge in [-0.1, -0.05) is 60.7 Å². The van der Waals surface area contributed by atoms with E-state index in [1.54, 1.807) is 6.07 Å². The van der Waals surface area contributed by atoms with Gasteiger partial charge in [-0.2, -0.15) is 5.26 Å². The number of nitrogens with zero attached hydrogens (tertiary/aromatic N) is 1. The van der Waals surface area contributed by atoms with Gasteiger partial charge < -0.3 is 0 Å². The lowest BCUT2D eigenvalue weighted by Gasteiger charge is -2.25. The summed E-state index contributed by atoms with van der Waals surface area (Å²) in [5, 5.41) is 12.7. The molecule has 0 bridgehead atoms. The number of nitriles is 1. The highest BCUT2D eigenvalue weighted by molar-refractivity contribution is 5.40. The van der Waals surface area contributed by atoms with E-state index < -0.39 is 0 Å². The Morgan fingerprint density at radius 1 is 0.880 bits per heavy atom. The molecule has 1 unspecified atom stereocenters. The third-order valence-electron chi connectivity index (χ3n) is 4.29. The summed E-state index contributed by atoms with van der Waals surface area (Å²) in [6.45, 7) is 2.05. The molecule has 3 heteroatoms. The molecular weight excluding hydrogens is 311 g/mol. The molecule has 0 aliphatic heterocycles. The molecule has 0 fully saturated rings. The van der Waals surface area contributed by atoms with Gasteiger partial charge in [-0.3, -0.25) is 5.32 Å². The third-order valence-corrected chi connectivity index (χ3v) is 4.29. The number of nitrogens with one attached hydrogen (secondary N) is 1. The summed E-state index contributed by atoms with van der Waals surface area (Å²) in [4.78, 5) is 0. The summed E-state index contributed by atoms with van der Waals surface area (Å²) in [7, 11) is 0. The molecule has 0 aliphatic rings. The van der Waals surface area contributed by atoms with Crippen molar-refractivity contribution >= 4 is 0 Å². The van der Waals surface area contributed by atoms with E-state index in [1.165, 1.54) is 12.1 Å². The Balaban J connectivity index is 2.01. The standard InChI is InChI=1S/C22H19FN2/c1-16(18-8-4-2-5-9-18)25-22(19-10-6-3-7-11-19)20-14-17(15-24)12-13-21(20)23/h2-14,16,22,25H,1H3/t16-,22?/m1/s1. The molecule has 2 nitrogen and oxygen atoms in total. The third kappa shape index (κ3) is 3.93. The van der Waals surface area contributed by atoms with Crippen LogP contribution in [0.4, 0.5) is 4.39 Å². The van der Waals surface area contributed by atoms with Crippen molar-refractivity contribution in [1.82, 2.24) is 5.32 Å². The molecule has 0 radical (unpaired) electrons. The maximum atomic E-state index is 14.5. The Labute approximate surface area is 147 Å². The summed E-state index contributed by atoms with van der Waals surface area (Å²) in [5.74, 6) is -0.319. The first-order valence-electron chi connectivity index (χ1n) is 8.24. The van der Waals surface area contributed by atoms with Crippen LogP contribution in [-0.2, 0) is 0 Å². The predicted molar refractivity (Wildman–Crippen MR) is 97.4 cm³/mol. The Hall–Kier alpha value is -2.96. The smallest absolute Gasteiger partial charge is 0.128 e. The topological polar surface area (TPSA) is 35.8 Å². The van der Waals surface area contributed by atoms with Crippen LogP contribution in [0.15, 0.2) is 78.9 Å². The highest BCUT2D eigenvalue weighted by Gasteiger charge is 2.21. The molecule has 0 amide bonds. The van der Waals surface area contributed by atoms with Gasteiger partial charge in [0.05, 0.1) is 17.7 Å². The van der Waals surface area contributed by atoms with Crippen LogP contribution in [0.2, 0.25) is 0 Å². The first-order chi connectivity index (χ1) is 12.2. The van der Waals surface area contributed by atoms with Crippen LogP contribution >= 0.6 is 0 Å². The second-order valence-electron chi connectivity index (χ2n) is 5.99. The van der Waals surface area contributed by atoms with Gasteiger partial charge >= 0.3 is 0 Å². The van der Waals surface area contributed by atoms with Crippen LogP contribution in [0.5, 0.6) is 0 Å². The van der Waals surface area contributed by atoms with E-state index in [-0.39, 0.29) is 17.9 Å². The molecule has 0 spiro atoms. The minimum absolute atomic E-state index is 0.0246. The lowest BCUT2D eigenvalue weighted by Crippen LogP contribution is -2.26. The monoisotopic (exact) mass is 330 g/mol. The molecule has 25 heavy (non-hydrogen) atoms. The van der Waals surface area contributed by atoms with Crippen LogP contribution < -0.4 is 5.32 Å². The van der Waals surface area contributed by atoms with Gasteiger partial charge in [0.15, 0.2) is 0 Å². The normalized spacial score (nSPS) is 13.0. The molecule has 124 valence electrons. The highest BCUT2D eigenvalue weighted by atomic mass is 19.1. The van der Waals surface area contributed by atoms with E-state index in [0.29, 0.717) is 11.1 Å². The molecule has 0 saturated heterocycles. The van der Waals surface area contributed by atoms with Crippen molar-refractivity contribution in [3.8, 4) is 6.07 Å². The van der Waals surface area contributed by atoms with Crippen molar-refractivity contribution in [3.05, 3.63) is 107 Å². The van der Waals surface area contributed by atoms with E-state index in [9.17, 15) is 9.65 Å². The van der Waals surface area contributed by atoms with E-state index in [2.05, 4.69) is 18.3 Å². The predicted octanol–water partition coefficient (Wildman–Crippen LogP) is 5.14. The summed E-state index contributed by atoms with van der Waals surface area (Å²) < 4.78 is 14.5. The Morgan fingerprint density at radius 2 is 1.48 bits per heavy atom. The lowest BCUT2D eigenvalue weighted by atomic mass is 9.95. The van der Waals surface area contributed by atoms with E-state index >= 15 is 0 Å². The minimum atomic E-state index is -0.343. The van der Waals surface area contributed by atoms with Gasteiger partial charge in [0.1, 0.15) is 5.82 Å². The van der Waals surface area contributed by atoms with Gasteiger partial charge in [0.2, 0.25) is 0 Å². The summed E-state index contributed by atoms with van der Waals surface area (Å²) in [6, 6.07) is 26.0. The van der Waals surface area contributed by atoms with Gasteiger partial charge in [-0.25, -0.2) is 4.39 Å². The number of benzene rings is 3. The van der Waals surface area contributed by atoms with Crippen LogP contribution in [0.3, 0.4) is 0 Å². The Bertz CT molecular complexity index is 870. The fourth-order valence-electron chi connectivity index (χ4n) is 2.93. The van der Waals surface area contributed by atoms with Crippen LogP contribution in [0.25, 0.3) is 0 Å². The summed E-state index contributed by atoms with van der Waals surface area (Å²) in [5.41, 5.74) is 3.01. The zero-order chi connectivity index (χ0) is 17.6. The molecular formula is C22H19FN2. The van der Waals surface area contributed by atoms with E-state index in [1.807, 2.05) is 60.7 Å². The average Bonchev–Trinajstić information content (AvgIpc) is 2.68. The minimum Gasteiger partial charge on any atom is -0.300 e. The lowest BCUT2D eigenvalue weighted by molar-refractivity contribution is 0.493. The maximum Gasteiger partial charge on any atom is 0.128 e. The quantitative estimate of drug-likeness (QED) is 0.703. The summed E-state index contributed by atoms with van der Waals surface area (Å²) >= 11 is 0. The van der Waals surface area contributed by atoms with Crippen molar-refractivity contribution in [2.75, 3.05) is 0 Å². The van der Waals surface area contributed by atoms with Crippen LogP contribution in [-0.4, -0.2) is 0 Å². The van der Waals surface area contributed by atoms with Crippen molar-refractivity contribution in [2.24, 2.45) is 0 Å². The zero-order valence-corrected chi connectivity index (χ0v) is 14.0. The number of hydrogen-bond donors (Lipinski definition) is 1. The molecule has 2 atom stereocenters. The molecule has 0 aromatic heterocycles. The molecule has 1 N–H and O–H groups in total. The van der Waals surface area contributed by atoms with Gasteiger partial charge in [0.25, 0.3) is 0 Å². The highest BCUT2D eigenvalue weighted by Crippen LogP contribution is 2.28. The second kappa shape index (κ2) is 7.74.